The first-order valence-corrected chi connectivity index (χ1v) is 13.4. The Kier molecular flexibility index (Phi) is 10.9. The summed E-state index contributed by atoms with van der Waals surface area (Å²) in [4.78, 5) is 26.5. The fourth-order valence-corrected chi connectivity index (χ4v) is 4.46. The number of ether oxygens (including phenoxy) is 1. The van der Waals surface area contributed by atoms with Gasteiger partial charge in [-0.3, -0.25) is 4.79 Å². The van der Waals surface area contributed by atoms with Gasteiger partial charge in [0.2, 0.25) is 5.91 Å². The Balaban J connectivity index is 2.36. The first-order chi connectivity index (χ1) is 17.4. The molecule has 0 heterocycles. The summed E-state index contributed by atoms with van der Waals surface area (Å²) in [5.41, 5.74) is 1.48. The molecule has 0 aliphatic heterocycles. The SMILES string of the molecule is CC(=O)N[C@@H](Cc1cc(F)cc(F)c1)[C@H](O)CN(Cc1cc(CC(C)(C)C)ccc1Br)C(=O)OC(C)(C)C. The Morgan fingerprint density at radius 3 is 2.16 bits per heavy atom. The number of aliphatic hydroxyl groups is 1. The van der Waals surface area contributed by atoms with Gasteiger partial charge in [-0.25, -0.2) is 13.6 Å². The number of halogens is 3. The van der Waals surface area contributed by atoms with E-state index >= 15 is 0 Å². The average Bonchev–Trinajstić information content (AvgIpc) is 2.71. The average molecular weight is 598 g/mol. The molecule has 0 unspecified atom stereocenters. The number of aliphatic hydroxyl groups excluding tert-OH is 1. The molecule has 0 aliphatic carbocycles. The summed E-state index contributed by atoms with van der Waals surface area (Å²) in [6.07, 6.45) is -1.10. The fraction of sp³-hybridized carbons (Fsp3) is 0.517. The van der Waals surface area contributed by atoms with Gasteiger partial charge >= 0.3 is 6.09 Å². The molecule has 2 atom stereocenters. The predicted octanol–water partition coefficient (Wildman–Crippen LogP) is 6.16. The van der Waals surface area contributed by atoms with Crippen LogP contribution in [0, 0.1) is 17.0 Å². The number of nitrogens with zero attached hydrogens (tertiary/aromatic N) is 1. The van der Waals surface area contributed by atoms with Crippen molar-refractivity contribution in [2.75, 3.05) is 6.54 Å². The van der Waals surface area contributed by atoms with Crippen molar-refractivity contribution in [3.63, 3.8) is 0 Å². The highest BCUT2D eigenvalue weighted by molar-refractivity contribution is 9.10. The summed E-state index contributed by atoms with van der Waals surface area (Å²) in [5, 5.41) is 13.8. The molecule has 0 aromatic heterocycles. The van der Waals surface area contributed by atoms with Gasteiger partial charge in [-0.2, -0.15) is 0 Å². The van der Waals surface area contributed by atoms with Gasteiger partial charge < -0.3 is 20.1 Å². The van der Waals surface area contributed by atoms with E-state index in [2.05, 4.69) is 42.0 Å². The Labute approximate surface area is 232 Å². The van der Waals surface area contributed by atoms with Crippen molar-refractivity contribution in [3.8, 4) is 0 Å². The highest BCUT2D eigenvalue weighted by Crippen LogP contribution is 2.26. The molecule has 0 aliphatic rings. The molecule has 2 aromatic carbocycles. The summed E-state index contributed by atoms with van der Waals surface area (Å²) in [6, 6.07) is 8.11. The normalized spacial score (nSPS) is 13.6. The van der Waals surface area contributed by atoms with Gasteiger partial charge in [0.15, 0.2) is 0 Å². The number of amides is 2. The molecular weight excluding hydrogens is 558 g/mol. The number of hydrogen-bond acceptors (Lipinski definition) is 4. The molecule has 38 heavy (non-hydrogen) atoms. The molecule has 2 N–H and O–H groups in total. The number of hydrogen-bond donors (Lipinski definition) is 2. The van der Waals surface area contributed by atoms with Crippen molar-refractivity contribution in [1.29, 1.82) is 0 Å². The van der Waals surface area contributed by atoms with E-state index in [1.54, 1.807) is 20.8 Å². The van der Waals surface area contributed by atoms with E-state index in [1.807, 2.05) is 18.2 Å². The maximum Gasteiger partial charge on any atom is 0.410 e. The van der Waals surface area contributed by atoms with Gasteiger partial charge in [-0.05, 0) is 73.9 Å². The van der Waals surface area contributed by atoms with Crippen LogP contribution in [0.25, 0.3) is 0 Å². The predicted molar refractivity (Wildman–Crippen MR) is 148 cm³/mol. The lowest BCUT2D eigenvalue weighted by Crippen LogP contribution is -2.50. The molecule has 2 rings (SSSR count). The van der Waals surface area contributed by atoms with Crippen LogP contribution in [0.4, 0.5) is 13.6 Å². The molecule has 9 heteroatoms. The Morgan fingerprint density at radius 2 is 1.63 bits per heavy atom. The first-order valence-electron chi connectivity index (χ1n) is 12.6. The van der Waals surface area contributed by atoms with Crippen molar-refractivity contribution in [2.45, 2.75) is 85.6 Å². The van der Waals surface area contributed by atoms with Crippen LogP contribution in [0.3, 0.4) is 0 Å². The van der Waals surface area contributed by atoms with Crippen molar-refractivity contribution in [3.05, 3.63) is 69.2 Å². The molecule has 0 bridgehead atoms. The van der Waals surface area contributed by atoms with E-state index in [1.165, 1.54) is 11.8 Å². The number of carbonyl (C=O) groups excluding carboxylic acids is 2. The molecule has 0 radical (unpaired) electrons. The van der Waals surface area contributed by atoms with E-state index < -0.39 is 41.4 Å². The number of carbonyl (C=O) groups is 2. The first kappa shape index (κ1) is 31.7. The maximum absolute atomic E-state index is 13.8. The number of benzene rings is 2. The third-order valence-corrected chi connectivity index (χ3v) is 6.27. The van der Waals surface area contributed by atoms with Gasteiger partial charge in [-0.1, -0.05) is 48.8 Å². The molecular formula is C29H39BrF2N2O4. The smallest absolute Gasteiger partial charge is 0.410 e. The fourth-order valence-electron chi connectivity index (χ4n) is 4.09. The third kappa shape index (κ3) is 11.1. The van der Waals surface area contributed by atoms with Crippen LogP contribution in [0.1, 0.15) is 65.2 Å². The van der Waals surface area contributed by atoms with Crippen molar-refractivity contribution < 1.29 is 28.2 Å². The van der Waals surface area contributed by atoms with Crippen molar-refractivity contribution in [2.24, 2.45) is 5.41 Å². The van der Waals surface area contributed by atoms with Crippen LogP contribution in [0.15, 0.2) is 40.9 Å². The van der Waals surface area contributed by atoms with Gasteiger partial charge in [0, 0.05) is 17.5 Å². The summed E-state index contributed by atoms with van der Waals surface area (Å²) in [5.74, 6) is -1.94. The van der Waals surface area contributed by atoms with Gasteiger partial charge in [0.1, 0.15) is 17.2 Å². The summed E-state index contributed by atoms with van der Waals surface area (Å²) < 4.78 is 33.9. The maximum atomic E-state index is 13.8. The lowest BCUT2D eigenvalue weighted by molar-refractivity contribution is -0.120. The molecule has 0 spiro atoms. The lowest BCUT2D eigenvalue weighted by atomic mass is 9.87. The minimum atomic E-state index is -1.26. The van der Waals surface area contributed by atoms with Crippen LogP contribution in [0.5, 0.6) is 0 Å². The largest absolute Gasteiger partial charge is 0.444 e. The molecule has 2 aromatic rings. The molecule has 0 saturated carbocycles. The standard InChI is InChI=1S/C29H39BrF2N2O4/c1-18(35)33-25(13-20-11-22(31)14-23(32)12-20)26(36)17-34(27(37)38-29(5,6)7)16-21-10-19(8-9-24(21)30)15-28(2,3)4/h8-12,14,25-26,36H,13,15-17H2,1-7H3,(H,33,35)/t25-,26+/m0/s1. The Hall–Kier alpha value is -2.52. The lowest BCUT2D eigenvalue weighted by Gasteiger charge is -2.32. The second kappa shape index (κ2) is 13.0. The van der Waals surface area contributed by atoms with E-state index in [-0.39, 0.29) is 30.5 Å². The summed E-state index contributed by atoms with van der Waals surface area (Å²) in [6.45, 7) is 12.9. The third-order valence-electron chi connectivity index (χ3n) is 5.50. The summed E-state index contributed by atoms with van der Waals surface area (Å²) in [7, 11) is 0. The van der Waals surface area contributed by atoms with Crippen LogP contribution in [0.2, 0.25) is 0 Å². The molecule has 210 valence electrons. The Morgan fingerprint density at radius 1 is 1.03 bits per heavy atom. The quantitative estimate of drug-likeness (QED) is 0.363. The number of rotatable bonds is 9. The van der Waals surface area contributed by atoms with E-state index in [0.29, 0.717) is 0 Å². The monoisotopic (exact) mass is 596 g/mol. The highest BCUT2D eigenvalue weighted by atomic mass is 79.9. The van der Waals surface area contributed by atoms with Crippen molar-refractivity contribution in [1.82, 2.24) is 10.2 Å². The second-order valence-electron chi connectivity index (χ2n) is 11.9. The van der Waals surface area contributed by atoms with E-state index in [0.717, 1.165) is 40.2 Å². The van der Waals surface area contributed by atoms with E-state index in [4.69, 9.17) is 4.74 Å². The van der Waals surface area contributed by atoms with Crippen LogP contribution in [-0.4, -0.2) is 46.3 Å². The van der Waals surface area contributed by atoms with Gasteiger partial charge in [-0.15, -0.1) is 0 Å². The zero-order valence-electron chi connectivity index (χ0n) is 23.2. The summed E-state index contributed by atoms with van der Waals surface area (Å²) >= 11 is 3.57. The minimum Gasteiger partial charge on any atom is -0.444 e. The van der Waals surface area contributed by atoms with Crippen molar-refractivity contribution >= 4 is 27.9 Å². The van der Waals surface area contributed by atoms with Crippen LogP contribution in [-0.2, 0) is 28.9 Å². The minimum absolute atomic E-state index is 0.0393. The van der Waals surface area contributed by atoms with Crippen LogP contribution >= 0.6 is 15.9 Å². The van der Waals surface area contributed by atoms with Gasteiger partial charge in [0.05, 0.1) is 25.2 Å². The van der Waals surface area contributed by atoms with Crippen LogP contribution < -0.4 is 5.32 Å². The molecule has 6 nitrogen and oxygen atoms in total. The number of nitrogens with one attached hydrogen (secondary N) is 1. The zero-order chi connectivity index (χ0) is 28.8. The highest BCUT2D eigenvalue weighted by Gasteiger charge is 2.29. The van der Waals surface area contributed by atoms with Gasteiger partial charge in [0.25, 0.3) is 0 Å². The molecule has 2 amide bonds. The molecule has 0 saturated heterocycles. The molecule has 0 fully saturated rings. The Bertz CT molecular complexity index is 1110. The zero-order valence-corrected chi connectivity index (χ0v) is 24.8. The second-order valence-corrected chi connectivity index (χ2v) is 12.7. The van der Waals surface area contributed by atoms with E-state index in [9.17, 15) is 23.5 Å². The topological polar surface area (TPSA) is 78.9 Å².